The third-order valence-electron chi connectivity index (χ3n) is 2.20. The minimum atomic E-state index is -0.989. The Labute approximate surface area is 90.3 Å². The number of amides is 2. The second-order valence-electron chi connectivity index (χ2n) is 3.29. The van der Waals surface area contributed by atoms with Gasteiger partial charge in [0.15, 0.2) is 0 Å². The van der Waals surface area contributed by atoms with Crippen molar-refractivity contribution in [1.82, 2.24) is 10.2 Å². The van der Waals surface area contributed by atoms with E-state index in [1.54, 1.807) is 11.3 Å². The number of hydrogen-bond donors (Lipinski definition) is 2. The topological polar surface area (TPSA) is 69.6 Å². The quantitative estimate of drug-likeness (QED) is 0.804. The number of rotatable bonds is 3. The third kappa shape index (κ3) is 2.10. The average molecular weight is 226 g/mol. The van der Waals surface area contributed by atoms with Gasteiger partial charge in [0.05, 0.1) is 6.04 Å². The first-order valence-electron chi connectivity index (χ1n) is 4.47. The molecular weight excluding hydrogens is 216 g/mol. The molecule has 1 unspecified atom stereocenters. The van der Waals surface area contributed by atoms with Crippen LogP contribution in [0.3, 0.4) is 0 Å². The predicted octanol–water partition coefficient (Wildman–Crippen LogP) is 0.899. The van der Waals surface area contributed by atoms with Crippen molar-refractivity contribution in [3.63, 3.8) is 0 Å². The largest absolute Gasteiger partial charge is 0.480 e. The summed E-state index contributed by atoms with van der Waals surface area (Å²) in [7, 11) is 0. The zero-order valence-electron chi connectivity index (χ0n) is 7.84. The summed E-state index contributed by atoms with van der Waals surface area (Å²) in [6.45, 7) is 0.180. The summed E-state index contributed by atoms with van der Waals surface area (Å²) in [5.74, 6) is -0.989. The first-order valence-corrected chi connectivity index (χ1v) is 5.35. The smallest absolute Gasteiger partial charge is 0.323 e. The number of carboxylic acid groups (broad SMARTS) is 1. The zero-order valence-corrected chi connectivity index (χ0v) is 8.66. The lowest BCUT2D eigenvalue weighted by Gasteiger charge is -2.10. The van der Waals surface area contributed by atoms with Gasteiger partial charge in [0, 0.05) is 11.4 Å². The van der Waals surface area contributed by atoms with Gasteiger partial charge in [0.25, 0.3) is 0 Å². The van der Waals surface area contributed by atoms with Crippen molar-refractivity contribution >= 4 is 23.3 Å². The molecule has 5 nitrogen and oxygen atoms in total. The molecule has 1 saturated heterocycles. The van der Waals surface area contributed by atoms with Crippen LogP contribution < -0.4 is 5.32 Å². The molecule has 1 aliphatic heterocycles. The molecule has 0 saturated carbocycles. The molecule has 1 fully saturated rings. The van der Waals surface area contributed by atoms with Crippen molar-refractivity contribution in [1.29, 1.82) is 0 Å². The lowest BCUT2D eigenvalue weighted by Crippen LogP contribution is -2.32. The maximum Gasteiger partial charge on any atom is 0.323 e. The Morgan fingerprint density at radius 2 is 2.53 bits per heavy atom. The standard InChI is InChI=1S/C9H10N2O3S/c12-8(13)5-11-4-6(10-9(11)14)7-2-1-3-15-7/h1-3,6H,4-5H2,(H,10,14)(H,12,13). The molecular formula is C9H10N2O3S. The Morgan fingerprint density at radius 3 is 3.13 bits per heavy atom. The molecule has 6 heteroatoms. The van der Waals surface area contributed by atoms with Crippen molar-refractivity contribution in [2.24, 2.45) is 0 Å². The molecule has 0 radical (unpaired) electrons. The van der Waals surface area contributed by atoms with Crippen LogP contribution in [-0.2, 0) is 4.79 Å². The van der Waals surface area contributed by atoms with E-state index in [9.17, 15) is 9.59 Å². The summed E-state index contributed by atoms with van der Waals surface area (Å²) in [6, 6.07) is 3.46. The van der Waals surface area contributed by atoms with Gasteiger partial charge < -0.3 is 15.3 Å². The molecule has 80 valence electrons. The highest BCUT2D eigenvalue weighted by Gasteiger charge is 2.31. The zero-order chi connectivity index (χ0) is 10.8. The van der Waals surface area contributed by atoms with Crippen molar-refractivity contribution < 1.29 is 14.7 Å². The minimum Gasteiger partial charge on any atom is -0.480 e. The molecule has 1 aromatic heterocycles. The van der Waals surface area contributed by atoms with Crippen LogP contribution in [0.1, 0.15) is 10.9 Å². The highest BCUT2D eigenvalue weighted by molar-refractivity contribution is 7.10. The number of aliphatic carboxylic acids is 1. The first-order chi connectivity index (χ1) is 7.16. The van der Waals surface area contributed by atoms with Gasteiger partial charge in [-0.3, -0.25) is 4.79 Å². The van der Waals surface area contributed by atoms with E-state index in [0.29, 0.717) is 6.54 Å². The van der Waals surface area contributed by atoms with Crippen LogP contribution in [0.5, 0.6) is 0 Å². The summed E-state index contributed by atoms with van der Waals surface area (Å²) in [5.41, 5.74) is 0. The molecule has 0 spiro atoms. The van der Waals surface area contributed by atoms with Crippen LogP contribution in [0.25, 0.3) is 0 Å². The van der Waals surface area contributed by atoms with Gasteiger partial charge in [0.2, 0.25) is 0 Å². The molecule has 1 aromatic rings. The Balaban J connectivity index is 2.04. The van der Waals surface area contributed by atoms with E-state index in [-0.39, 0.29) is 18.6 Å². The molecule has 0 bridgehead atoms. The monoisotopic (exact) mass is 226 g/mol. The van der Waals surface area contributed by atoms with E-state index >= 15 is 0 Å². The second-order valence-corrected chi connectivity index (χ2v) is 4.27. The number of hydrogen-bond acceptors (Lipinski definition) is 3. The van der Waals surface area contributed by atoms with Crippen LogP contribution in [0, 0.1) is 0 Å². The first kappa shape index (κ1) is 9.97. The van der Waals surface area contributed by atoms with Gasteiger partial charge in [-0.2, -0.15) is 0 Å². The van der Waals surface area contributed by atoms with Crippen molar-refractivity contribution in [3.05, 3.63) is 22.4 Å². The van der Waals surface area contributed by atoms with Crippen LogP contribution >= 0.6 is 11.3 Å². The summed E-state index contributed by atoms with van der Waals surface area (Å²) >= 11 is 1.55. The Morgan fingerprint density at radius 1 is 1.73 bits per heavy atom. The van der Waals surface area contributed by atoms with Gasteiger partial charge in [-0.25, -0.2) is 4.79 Å². The molecule has 2 N–H and O–H groups in total. The third-order valence-corrected chi connectivity index (χ3v) is 3.19. The van der Waals surface area contributed by atoms with Crippen molar-refractivity contribution in [2.75, 3.05) is 13.1 Å². The highest BCUT2D eigenvalue weighted by Crippen LogP contribution is 2.23. The number of nitrogens with zero attached hydrogens (tertiary/aromatic N) is 1. The predicted molar refractivity (Wildman–Crippen MR) is 54.8 cm³/mol. The maximum atomic E-state index is 11.4. The average Bonchev–Trinajstić information content (AvgIpc) is 2.75. The molecule has 2 rings (SSSR count). The van der Waals surface area contributed by atoms with E-state index < -0.39 is 5.97 Å². The molecule has 0 aliphatic carbocycles. The molecule has 2 heterocycles. The fourth-order valence-electron chi connectivity index (χ4n) is 1.54. The van der Waals surface area contributed by atoms with Crippen molar-refractivity contribution in [2.45, 2.75) is 6.04 Å². The van der Waals surface area contributed by atoms with Crippen LogP contribution in [-0.4, -0.2) is 35.1 Å². The van der Waals surface area contributed by atoms with E-state index in [1.807, 2.05) is 17.5 Å². The van der Waals surface area contributed by atoms with Gasteiger partial charge >= 0.3 is 12.0 Å². The second kappa shape index (κ2) is 3.90. The fraction of sp³-hybridized carbons (Fsp3) is 0.333. The van der Waals surface area contributed by atoms with Gasteiger partial charge in [0.1, 0.15) is 6.54 Å². The van der Waals surface area contributed by atoms with E-state index in [0.717, 1.165) is 4.88 Å². The molecule has 2 amide bonds. The van der Waals surface area contributed by atoms with Gasteiger partial charge in [-0.15, -0.1) is 11.3 Å². The van der Waals surface area contributed by atoms with E-state index in [1.165, 1.54) is 4.90 Å². The number of carbonyl (C=O) groups excluding carboxylic acids is 1. The summed E-state index contributed by atoms with van der Waals surface area (Å²) in [6.07, 6.45) is 0. The number of thiophene rings is 1. The van der Waals surface area contributed by atoms with Gasteiger partial charge in [-0.05, 0) is 11.4 Å². The summed E-state index contributed by atoms with van der Waals surface area (Å²) in [5, 5.41) is 13.3. The highest BCUT2D eigenvalue weighted by atomic mass is 32.1. The van der Waals surface area contributed by atoms with Crippen molar-refractivity contribution in [3.8, 4) is 0 Å². The Hall–Kier alpha value is -1.56. The fourth-order valence-corrected chi connectivity index (χ4v) is 2.31. The molecule has 0 aromatic carbocycles. The lowest BCUT2D eigenvalue weighted by molar-refractivity contribution is -0.137. The van der Waals surface area contributed by atoms with E-state index in [4.69, 9.17) is 5.11 Å². The Bertz CT molecular complexity index is 377. The Kier molecular flexibility index (Phi) is 2.59. The SMILES string of the molecule is O=C(O)CN1CC(c2cccs2)NC1=O. The maximum absolute atomic E-state index is 11.4. The van der Waals surface area contributed by atoms with Crippen LogP contribution in [0.4, 0.5) is 4.79 Å². The normalized spacial score (nSPS) is 20.4. The number of carboxylic acids is 1. The number of carbonyl (C=O) groups is 2. The van der Waals surface area contributed by atoms with Gasteiger partial charge in [-0.1, -0.05) is 6.07 Å². The number of urea groups is 1. The number of nitrogens with one attached hydrogen (secondary N) is 1. The minimum absolute atomic E-state index is 0.0724. The summed E-state index contributed by atoms with van der Waals surface area (Å²) in [4.78, 5) is 24.2. The van der Waals surface area contributed by atoms with E-state index in [2.05, 4.69) is 5.32 Å². The lowest BCUT2D eigenvalue weighted by atomic mass is 10.2. The molecule has 1 atom stereocenters. The van der Waals surface area contributed by atoms with Crippen LogP contribution in [0.2, 0.25) is 0 Å². The molecule has 15 heavy (non-hydrogen) atoms. The molecule has 1 aliphatic rings. The summed E-state index contributed by atoms with van der Waals surface area (Å²) < 4.78 is 0. The van der Waals surface area contributed by atoms with Crippen LogP contribution in [0.15, 0.2) is 17.5 Å².